The van der Waals surface area contributed by atoms with E-state index >= 15 is 0 Å². The molecule has 2 nitrogen and oxygen atoms in total. The minimum Gasteiger partial charge on any atom is -0.326 e. The second-order valence-electron chi connectivity index (χ2n) is 6.22. The van der Waals surface area contributed by atoms with E-state index in [0.29, 0.717) is 23.8 Å². The van der Waals surface area contributed by atoms with Crippen molar-refractivity contribution in [1.82, 2.24) is 10.9 Å². The zero-order valence-electron chi connectivity index (χ0n) is 13.8. The van der Waals surface area contributed by atoms with Gasteiger partial charge in [-0.15, -0.1) is 0 Å². The summed E-state index contributed by atoms with van der Waals surface area (Å²) in [4.78, 5) is 0. The Labute approximate surface area is 133 Å². The van der Waals surface area contributed by atoms with Gasteiger partial charge in [-0.1, -0.05) is 39.5 Å². The van der Waals surface area contributed by atoms with E-state index in [1.54, 1.807) is 12.2 Å². The van der Waals surface area contributed by atoms with Crippen LogP contribution in [0.1, 0.15) is 40.0 Å². The Kier molecular flexibility index (Phi) is 8.10. The highest BCUT2D eigenvalue weighted by Gasteiger charge is 2.13. The van der Waals surface area contributed by atoms with Gasteiger partial charge in [0.05, 0.1) is 0 Å². The molecule has 2 atom stereocenters. The minimum absolute atomic E-state index is 0.352. The largest absolute Gasteiger partial charge is 0.326 e. The maximum absolute atomic E-state index is 13.8. The van der Waals surface area contributed by atoms with Crippen molar-refractivity contribution >= 4 is 0 Å². The van der Waals surface area contributed by atoms with Gasteiger partial charge in [-0.25, -0.2) is 14.2 Å². The molecule has 1 aliphatic carbocycles. The molecule has 1 aliphatic rings. The maximum atomic E-state index is 13.8. The summed E-state index contributed by atoms with van der Waals surface area (Å²) in [5, 5.41) is 0. The first-order valence-corrected chi connectivity index (χ1v) is 7.97. The summed E-state index contributed by atoms with van der Waals surface area (Å²) in [6, 6.07) is 0. The van der Waals surface area contributed by atoms with Gasteiger partial charge in [0.15, 0.2) is 0 Å². The molecular weight excluding hydrogens is 282 g/mol. The average molecular weight is 310 g/mol. The van der Waals surface area contributed by atoms with Gasteiger partial charge in [-0.2, -0.15) is 0 Å². The van der Waals surface area contributed by atoms with Crippen molar-refractivity contribution in [3.8, 4) is 0 Å². The molecular formula is C18H28F2N2. The Hall–Kier alpha value is -1.42. The lowest BCUT2D eigenvalue weighted by Crippen LogP contribution is -2.33. The van der Waals surface area contributed by atoms with Crippen molar-refractivity contribution in [2.24, 2.45) is 11.8 Å². The number of hydrazine groups is 1. The van der Waals surface area contributed by atoms with E-state index in [0.717, 1.165) is 31.2 Å². The summed E-state index contributed by atoms with van der Waals surface area (Å²) < 4.78 is 27.0. The molecule has 0 aromatic rings. The van der Waals surface area contributed by atoms with Crippen LogP contribution in [0, 0.1) is 11.8 Å². The molecule has 0 aliphatic heterocycles. The predicted molar refractivity (Wildman–Crippen MR) is 89.4 cm³/mol. The summed E-state index contributed by atoms with van der Waals surface area (Å²) in [6.07, 6.45) is 6.93. The molecule has 2 N–H and O–H groups in total. The molecule has 0 fully saturated rings. The first kappa shape index (κ1) is 18.6. The van der Waals surface area contributed by atoms with E-state index in [4.69, 9.17) is 0 Å². The van der Waals surface area contributed by atoms with E-state index < -0.39 is 12.0 Å². The highest BCUT2D eigenvalue weighted by atomic mass is 19.1. The number of hydrogen-bond acceptors (Lipinski definition) is 2. The predicted octanol–water partition coefficient (Wildman–Crippen LogP) is 4.74. The zero-order valence-corrected chi connectivity index (χ0v) is 13.8. The van der Waals surface area contributed by atoms with Crippen molar-refractivity contribution in [3.63, 3.8) is 0 Å². The quantitative estimate of drug-likeness (QED) is 0.474. The van der Waals surface area contributed by atoms with Crippen molar-refractivity contribution in [2.75, 3.05) is 6.54 Å². The van der Waals surface area contributed by atoms with Gasteiger partial charge in [0.1, 0.15) is 12.0 Å². The zero-order chi connectivity index (χ0) is 16.5. The molecule has 0 saturated heterocycles. The molecule has 4 heteroatoms. The molecule has 1 rings (SSSR count). The summed E-state index contributed by atoms with van der Waals surface area (Å²) in [6.45, 7) is 11.0. The first-order chi connectivity index (χ1) is 10.4. The Bertz CT molecular complexity index is 450. The number of allylic oxidation sites excluding steroid dienone is 7. The number of rotatable bonds is 9. The third kappa shape index (κ3) is 7.03. The smallest absolute Gasteiger partial charge is 0.140 e. The lowest BCUT2D eigenvalue weighted by Gasteiger charge is -2.15. The summed E-state index contributed by atoms with van der Waals surface area (Å²) in [5.41, 5.74) is 7.78. The number of halogens is 2. The number of hydrogen-bond donors (Lipinski definition) is 2. The van der Waals surface area contributed by atoms with Gasteiger partial charge in [-0.3, -0.25) is 0 Å². The molecule has 0 heterocycles. The van der Waals surface area contributed by atoms with E-state index in [9.17, 15) is 8.78 Å². The van der Waals surface area contributed by atoms with Crippen LogP contribution >= 0.6 is 0 Å². The standard InChI is InChI=1S/C18H28F2N2/c1-13(2)15(4)22-21-10-6-7-14(3)11-16-8-5-9-17(19)12-18(16)20/h5,8-9,12-14,17,21-22H,4,6-7,10-11H2,1-3H3. The summed E-state index contributed by atoms with van der Waals surface area (Å²) >= 11 is 0. The molecule has 0 amide bonds. The van der Waals surface area contributed by atoms with Crippen LogP contribution in [0.5, 0.6) is 0 Å². The van der Waals surface area contributed by atoms with Crippen molar-refractivity contribution in [2.45, 2.75) is 46.2 Å². The fourth-order valence-corrected chi connectivity index (χ4v) is 2.16. The molecule has 124 valence electrons. The van der Waals surface area contributed by atoms with Gasteiger partial charge in [0.25, 0.3) is 0 Å². The molecule has 0 aromatic heterocycles. The minimum atomic E-state index is -1.33. The molecule has 0 saturated carbocycles. The molecule has 0 radical (unpaired) electrons. The molecule has 0 spiro atoms. The molecule has 2 unspecified atom stereocenters. The third-order valence-electron chi connectivity index (χ3n) is 3.72. The Morgan fingerprint density at radius 3 is 2.77 bits per heavy atom. The van der Waals surface area contributed by atoms with Crippen molar-refractivity contribution in [3.05, 3.63) is 48.0 Å². The van der Waals surface area contributed by atoms with Gasteiger partial charge in [0.2, 0.25) is 0 Å². The second kappa shape index (κ2) is 9.57. The van der Waals surface area contributed by atoms with Crippen LogP contribution in [-0.4, -0.2) is 12.7 Å². The maximum Gasteiger partial charge on any atom is 0.140 e. The molecule has 0 bridgehead atoms. The van der Waals surface area contributed by atoms with Crippen molar-refractivity contribution < 1.29 is 8.78 Å². The first-order valence-electron chi connectivity index (χ1n) is 7.97. The van der Waals surface area contributed by atoms with E-state index in [1.807, 2.05) is 0 Å². The van der Waals surface area contributed by atoms with E-state index in [1.165, 1.54) is 6.08 Å². The highest BCUT2D eigenvalue weighted by Crippen LogP contribution is 2.25. The van der Waals surface area contributed by atoms with Gasteiger partial charge in [0, 0.05) is 12.2 Å². The summed E-state index contributed by atoms with van der Waals surface area (Å²) in [5.74, 6) is 0.318. The van der Waals surface area contributed by atoms with Crippen LogP contribution in [0.15, 0.2) is 48.0 Å². The fourth-order valence-electron chi connectivity index (χ4n) is 2.16. The van der Waals surface area contributed by atoms with Gasteiger partial charge in [-0.05, 0) is 48.8 Å². The third-order valence-corrected chi connectivity index (χ3v) is 3.72. The van der Waals surface area contributed by atoms with Crippen LogP contribution in [0.3, 0.4) is 0 Å². The van der Waals surface area contributed by atoms with Gasteiger partial charge < -0.3 is 5.43 Å². The fraction of sp³-hybridized carbons (Fsp3) is 0.556. The second-order valence-corrected chi connectivity index (χ2v) is 6.22. The number of alkyl halides is 1. The molecule has 0 aromatic carbocycles. The van der Waals surface area contributed by atoms with Crippen molar-refractivity contribution in [1.29, 1.82) is 0 Å². The Balaban J connectivity index is 2.25. The van der Waals surface area contributed by atoms with Gasteiger partial charge >= 0.3 is 0 Å². The Morgan fingerprint density at radius 2 is 2.09 bits per heavy atom. The lowest BCUT2D eigenvalue weighted by atomic mass is 9.95. The SMILES string of the molecule is C=C(NNCCCC(C)CC1=CC=CC(F)C=C1F)C(C)C. The monoisotopic (exact) mass is 310 g/mol. The van der Waals surface area contributed by atoms with Crippen LogP contribution in [-0.2, 0) is 0 Å². The molecule has 22 heavy (non-hydrogen) atoms. The van der Waals surface area contributed by atoms with Crippen LogP contribution < -0.4 is 10.9 Å². The number of nitrogens with one attached hydrogen (secondary N) is 2. The topological polar surface area (TPSA) is 24.1 Å². The van der Waals surface area contributed by atoms with E-state index in [-0.39, 0.29) is 0 Å². The van der Waals surface area contributed by atoms with Crippen LogP contribution in [0.25, 0.3) is 0 Å². The van der Waals surface area contributed by atoms with Crippen LogP contribution in [0.4, 0.5) is 8.78 Å². The lowest BCUT2D eigenvalue weighted by molar-refractivity contribution is 0.451. The summed E-state index contributed by atoms with van der Waals surface area (Å²) in [7, 11) is 0. The normalized spacial score (nSPS) is 19.5. The highest BCUT2D eigenvalue weighted by molar-refractivity contribution is 5.34. The van der Waals surface area contributed by atoms with Crippen LogP contribution in [0.2, 0.25) is 0 Å². The average Bonchev–Trinajstić information content (AvgIpc) is 2.59. The Morgan fingerprint density at radius 1 is 1.36 bits per heavy atom. The van der Waals surface area contributed by atoms with E-state index in [2.05, 4.69) is 38.2 Å².